The molecular formula is C24H25N3O4S. The third-order valence-electron chi connectivity index (χ3n) is 5.70. The Balaban J connectivity index is 2.08. The first-order chi connectivity index (χ1) is 15.5. The van der Waals surface area contributed by atoms with Crippen molar-refractivity contribution >= 4 is 45.8 Å². The third-order valence-corrected chi connectivity index (χ3v) is 6.84. The number of hydrogen-bond donors (Lipinski definition) is 0. The molecule has 0 unspecified atom stereocenters. The van der Waals surface area contributed by atoms with Gasteiger partial charge < -0.3 is 19.3 Å². The SMILES string of the molecule is CCN1c2ccccc2N(CC)C12C(=Nc1ccccc1)SC(C(=O)OC)=C2C(=O)OC. The molecule has 0 aliphatic carbocycles. The molecule has 166 valence electrons. The minimum atomic E-state index is -1.12. The lowest BCUT2D eigenvalue weighted by molar-refractivity contribution is -0.139. The summed E-state index contributed by atoms with van der Waals surface area (Å²) in [6.07, 6.45) is 0. The molecule has 7 nitrogen and oxygen atoms in total. The first-order valence-corrected chi connectivity index (χ1v) is 11.2. The third kappa shape index (κ3) is 3.09. The van der Waals surface area contributed by atoms with Crippen LogP contribution in [0.2, 0.25) is 0 Å². The van der Waals surface area contributed by atoms with Gasteiger partial charge in [0.2, 0.25) is 0 Å². The predicted molar refractivity (Wildman–Crippen MR) is 127 cm³/mol. The van der Waals surface area contributed by atoms with Crippen molar-refractivity contribution in [3.05, 3.63) is 65.1 Å². The number of rotatable bonds is 5. The summed E-state index contributed by atoms with van der Waals surface area (Å²) >= 11 is 1.17. The molecule has 2 heterocycles. The number of methoxy groups -OCH3 is 2. The van der Waals surface area contributed by atoms with E-state index in [1.165, 1.54) is 26.0 Å². The maximum atomic E-state index is 13.3. The number of hydrogen-bond acceptors (Lipinski definition) is 8. The van der Waals surface area contributed by atoms with Crippen LogP contribution in [0.25, 0.3) is 0 Å². The van der Waals surface area contributed by atoms with Crippen LogP contribution in [0, 0.1) is 0 Å². The van der Waals surface area contributed by atoms with Gasteiger partial charge in [-0.25, -0.2) is 14.6 Å². The van der Waals surface area contributed by atoms with Gasteiger partial charge in [0.1, 0.15) is 15.5 Å². The second-order valence-corrected chi connectivity index (χ2v) is 8.19. The highest BCUT2D eigenvalue weighted by Gasteiger charge is 2.63. The van der Waals surface area contributed by atoms with E-state index in [1.54, 1.807) is 0 Å². The van der Waals surface area contributed by atoms with Gasteiger partial charge in [-0.2, -0.15) is 0 Å². The molecule has 0 amide bonds. The van der Waals surface area contributed by atoms with E-state index in [0.29, 0.717) is 18.1 Å². The number of para-hydroxylation sites is 3. The first kappa shape index (κ1) is 22.0. The number of carbonyl (C=O) groups is 2. The van der Waals surface area contributed by atoms with E-state index in [9.17, 15) is 9.59 Å². The highest BCUT2D eigenvalue weighted by molar-refractivity contribution is 8.18. The van der Waals surface area contributed by atoms with Crippen molar-refractivity contribution in [2.45, 2.75) is 19.5 Å². The van der Waals surface area contributed by atoms with E-state index >= 15 is 0 Å². The van der Waals surface area contributed by atoms with Crippen molar-refractivity contribution in [3.8, 4) is 0 Å². The van der Waals surface area contributed by atoms with Crippen molar-refractivity contribution in [2.24, 2.45) is 4.99 Å². The summed E-state index contributed by atoms with van der Waals surface area (Å²) in [5.74, 6) is -1.17. The highest BCUT2D eigenvalue weighted by Crippen LogP contribution is 2.56. The summed E-state index contributed by atoms with van der Waals surface area (Å²) in [6, 6.07) is 17.5. The summed E-state index contributed by atoms with van der Waals surface area (Å²) < 4.78 is 10.3. The summed E-state index contributed by atoms with van der Waals surface area (Å²) in [4.78, 5) is 35.5. The molecule has 32 heavy (non-hydrogen) atoms. The molecule has 1 spiro atoms. The van der Waals surface area contributed by atoms with E-state index in [0.717, 1.165) is 17.1 Å². The molecule has 2 aromatic rings. The second-order valence-electron chi connectivity index (χ2n) is 7.19. The number of benzene rings is 2. The minimum Gasteiger partial charge on any atom is -0.465 e. The number of likely N-dealkylation sites (N-methyl/N-ethyl adjacent to an activating group) is 2. The van der Waals surface area contributed by atoms with Gasteiger partial charge in [0.25, 0.3) is 0 Å². The predicted octanol–water partition coefficient (Wildman–Crippen LogP) is 4.13. The van der Waals surface area contributed by atoms with Crippen LogP contribution >= 0.6 is 11.8 Å². The Morgan fingerprint density at radius 3 is 1.91 bits per heavy atom. The van der Waals surface area contributed by atoms with Crippen LogP contribution in [0.1, 0.15) is 13.8 Å². The summed E-state index contributed by atoms with van der Waals surface area (Å²) in [6.45, 7) is 5.20. The van der Waals surface area contributed by atoms with Crippen molar-refractivity contribution < 1.29 is 19.1 Å². The molecule has 0 fully saturated rings. The number of carbonyl (C=O) groups excluding carboxylic acids is 2. The molecule has 0 radical (unpaired) electrons. The van der Waals surface area contributed by atoms with E-state index in [2.05, 4.69) is 9.80 Å². The zero-order valence-corrected chi connectivity index (χ0v) is 19.3. The number of aliphatic imine (C=N–C) groups is 1. The number of esters is 2. The lowest BCUT2D eigenvalue weighted by Gasteiger charge is -2.43. The fourth-order valence-electron chi connectivity index (χ4n) is 4.49. The van der Waals surface area contributed by atoms with Crippen molar-refractivity contribution in [1.82, 2.24) is 0 Å². The van der Waals surface area contributed by atoms with Gasteiger partial charge in [0.05, 0.1) is 31.3 Å². The van der Waals surface area contributed by atoms with E-state index in [1.807, 2.05) is 68.4 Å². The number of thioether (sulfide) groups is 1. The molecule has 8 heteroatoms. The van der Waals surface area contributed by atoms with Gasteiger partial charge in [-0.15, -0.1) is 0 Å². The molecule has 2 aliphatic rings. The molecule has 0 aromatic heterocycles. The van der Waals surface area contributed by atoms with Crippen LogP contribution < -0.4 is 9.80 Å². The van der Waals surface area contributed by atoms with Gasteiger partial charge in [-0.05, 0) is 38.1 Å². The number of anilines is 2. The molecular weight excluding hydrogens is 426 g/mol. The van der Waals surface area contributed by atoms with Gasteiger partial charge in [0.15, 0.2) is 5.66 Å². The largest absolute Gasteiger partial charge is 0.465 e. The average molecular weight is 452 g/mol. The molecule has 4 rings (SSSR count). The zero-order valence-electron chi connectivity index (χ0n) is 18.5. The van der Waals surface area contributed by atoms with Crippen LogP contribution in [0.5, 0.6) is 0 Å². The zero-order chi connectivity index (χ0) is 22.9. The van der Waals surface area contributed by atoms with Crippen LogP contribution in [-0.2, 0) is 19.1 Å². The average Bonchev–Trinajstić information content (AvgIpc) is 3.30. The Morgan fingerprint density at radius 2 is 1.41 bits per heavy atom. The Morgan fingerprint density at radius 1 is 0.875 bits per heavy atom. The monoisotopic (exact) mass is 451 g/mol. The second kappa shape index (κ2) is 8.70. The lowest BCUT2D eigenvalue weighted by atomic mass is 9.96. The summed E-state index contributed by atoms with van der Waals surface area (Å²) in [5, 5.41) is 0.601. The number of ether oxygens (including phenoxy) is 2. The van der Waals surface area contributed by atoms with Crippen LogP contribution in [0.4, 0.5) is 17.1 Å². The maximum Gasteiger partial charge on any atom is 0.345 e. The fraction of sp³-hybridized carbons (Fsp3) is 0.292. The standard InChI is InChI=1S/C24H25N3O4S/c1-5-26-17-14-10-11-15-18(17)27(6-2)24(26)19(21(28)30-3)20(22(29)31-4)32-23(24)25-16-12-8-7-9-13-16/h7-15H,5-6H2,1-4H3. The van der Waals surface area contributed by atoms with Gasteiger partial charge in [0, 0.05) is 13.1 Å². The maximum absolute atomic E-state index is 13.3. The fourth-order valence-corrected chi connectivity index (χ4v) is 5.80. The summed E-state index contributed by atoms with van der Waals surface area (Å²) in [7, 11) is 2.63. The quantitative estimate of drug-likeness (QED) is 0.633. The smallest absolute Gasteiger partial charge is 0.345 e. The van der Waals surface area contributed by atoms with Crippen LogP contribution in [0.3, 0.4) is 0 Å². The lowest BCUT2D eigenvalue weighted by Crippen LogP contribution is -2.63. The van der Waals surface area contributed by atoms with Crippen molar-refractivity contribution in [3.63, 3.8) is 0 Å². The van der Waals surface area contributed by atoms with Gasteiger partial charge >= 0.3 is 11.9 Å². The van der Waals surface area contributed by atoms with E-state index < -0.39 is 17.6 Å². The molecule has 0 saturated heterocycles. The molecule has 0 N–H and O–H groups in total. The Kier molecular flexibility index (Phi) is 5.97. The normalized spacial score (nSPS) is 17.8. The van der Waals surface area contributed by atoms with E-state index in [-0.39, 0.29) is 10.5 Å². The Bertz CT molecular complexity index is 1080. The molecule has 2 aliphatic heterocycles. The first-order valence-electron chi connectivity index (χ1n) is 10.4. The minimum absolute atomic E-state index is 0.193. The molecule has 2 aromatic carbocycles. The number of nitrogens with zero attached hydrogens (tertiary/aromatic N) is 3. The Hall–Kier alpha value is -3.26. The Labute approximate surface area is 191 Å². The van der Waals surface area contributed by atoms with Crippen LogP contribution in [-0.4, -0.2) is 50.0 Å². The molecule has 0 atom stereocenters. The molecule has 0 saturated carbocycles. The van der Waals surface area contributed by atoms with Crippen molar-refractivity contribution in [1.29, 1.82) is 0 Å². The molecule has 0 bridgehead atoms. The van der Waals surface area contributed by atoms with Crippen molar-refractivity contribution in [2.75, 3.05) is 37.1 Å². The van der Waals surface area contributed by atoms with Gasteiger partial charge in [-0.3, -0.25) is 0 Å². The number of fused-ring (bicyclic) bond motifs is 1. The topological polar surface area (TPSA) is 71.4 Å². The van der Waals surface area contributed by atoms with Gasteiger partial charge in [-0.1, -0.05) is 42.1 Å². The summed E-state index contributed by atoms with van der Waals surface area (Å²) in [5.41, 5.74) is 1.76. The highest BCUT2D eigenvalue weighted by atomic mass is 32.2. The van der Waals surface area contributed by atoms with E-state index in [4.69, 9.17) is 14.5 Å². The van der Waals surface area contributed by atoms with Crippen LogP contribution in [0.15, 0.2) is 70.1 Å².